The molecule has 1 aliphatic carbocycles. The van der Waals surface area contributed by atoms with Gasteiger partial charge < -0.3 is 23.5 Å². The number of hydrogen-bond donors (Lipinski definition) is 1. The van der Waals surface area contributed by atoms with Gasteiger partial charge in [0.15, 0.2) is 17.3 Å². The summed E-state index contributed by atoms with van der Waals surface area (Å²) >= 11 is 0. The first kappa shape index (κ1) is 25.6. The molecule has 8 heteroatoms. The molecule has 1 N–H and O–H groups in total. The van der Waals surface area contributed by atoms with Crippen LogP contribution in [-0.4, -0.2) is 36.7 Å². The molecule has 0 amide bonds. The Bertz CT molecular complexity index is 1470. The van der Waals surface area contributed by atoms with Crippen molar-refractivity contribution in [2.45, 2.75) is 45.6 Å². The molecule has 0 saturated carbocycles. The second kappa shape index (κ2) is 10.0. The number of rotatable bonds is 7. The zero-order chi connectivity index (χ0) is 27.0. The van der Waals surface area contributed by atoms with Crippen molar-refractivity contribution >= 4 is 5.78 Å². The normalized spacial score (nSPS) is 17.8. The number of carbonyl (C=O) groups is 1. The number of methoxy groups -OCH3 is 3. The topological polar surface area (TPSA) is 95.7 Å². The minimum atomic E-state index is -0.434. The van der Waals surface area contributed by atoms with Crippen LogP contribution in [0.3, 0.4) is 0 Å². The molecule has 198 valence electrons. The van der Waals surface area contributed by atoms with Gasteiger partial charge in [0, 0.05) is 30.9 Å². The fraction of sp³-hybridized carbons (Fsp3) is 0.367. The van der Waals surface area contributed by atoms with E-state index in [1.165, 1.54) is 0 Å². The number of aryl methyl sites for hydroxylation is 2. The third kappa shape index (κ3) is 4.66. The third-order valence-corrected chi connectivity index (χ3v) is 7.30. The molecule has 2 aliphatic rings. The van der Waals surface area contributed by atoms with Crippen molar-refractivity contribution in [3.05, 3.63) is 82.3 Å². The molecule has 3 aromatic rings. The molecule has 2 aromatic carbocycles. The molecule has 38 heavy (non-hydrogen) atoms. The second-order valence-electron chi connectivity index (χ2n) is 10.5. The second-order valence-corrected chi connectivity index (χ2v) is 10.5. The molecule has 0 bridgehead atoms. The number of fused-ring (bicyclic) bond motifs is 1. The number of aromatic nitrogens is 2. The molecule has 0 radical (unpaired) electrons. The third-order valence-electron chi connectivity index (χ3n) is 7.30. The maximum absolute atomic E-state index is 13.5. The summed E-state index contributed by atoms with van der Waals surface area (Å²) in [5.41, 5.74) is 3.27. The number of hydrogen-bond acceptors (Lipinski definition) is 7. The summed E-state index contributed by atoms with van der Waals surface area (Å²) < 4.78 is 24.2. The zero-order valence-electron chi connectivity index (χ0n) is 22.5. The highest BCUT2D eigenvalue weighted by molar-refractivity contribution is 6.00. The number of ether oxygens (including phenoxy) is 4. The first-order valence-electron chi connectivity index (χ1n) is 12.7. The number of nitrogens with one attached hydrogen (secondary N) is 1. The monoisotopic (exact) mass is 515 g/mol. The minimum absolute atomic E-state index is 0.0582. The molecule has 1 aromatic heterocycles. The highest BCUT2D eigenvalue weighted by Gasteiger charge is 2.43. The van der Waals surface area contributed by atoms with Gasteiger partial charge in [0.1, 0.15) is 23.3 Å². The largest absolute Gasteiger partial charge is 0.497 e. The van der Waals surface area contributed by atoms with Gasteiger partial charge in [-0.15, -0.1) is 0 Å². The van der Waals surface area contributed by atoms with Gasteiger partial charge in [0.05, 0.1) is 26.9 Å². The lowest BCUT2D eigenvalue weighted by atomic mass is 9.70. The van der Waals surface area contributed by atoms with Gasteiger partial charge >= 0.3 is 0 Å². The van der Waals surface area contributed by atoms with Crippen molar-refractivity contribution in [2.24, 2.45) is 5.41 Å². The summed E-state index contributed by atoms with van der Waals surface area (Å²) in [4.78, 5) is 18.1. The number of ketones is 1. The fourth-order valence-corrected chi connectivity index (χ4v) is 5.38. The van der Waals surface area contributed by atoms with Crippen molar-refractivity contribution in [3.63, 3.8) is 0 Å². The molecule has 8 nitrogen and oxygen atoms in total. The summed E-state index contributed by atoms with van der Waals surface area (Å²) in [6.45, 7) is 4.68. The molecule has 1 atom stereocenters. The van der Waals surface area contributed by atoms with Gasteiger partial charge in [-0.05, 0) is 47.2 Å². The summed E-state index contributed by atoms with van der Waals surface area (Å²) in [5, 5.41) is 9.18. The van der Waals surface area contributed by atoms with E-state index >= 15 is 0 Å². The first-order valence-corrected chi connectivity index (χ1v) is 12.7. The average molecular weight is 516 g/mol. The SMILES string of the molecule is COc1ccc([C@@H]2C3=C(CC(C)(C)CC3=O)Oc3ncn(CCc4ccc(OC)c(OC)c4)c(=N)c32)cc1. The Hall–Kier alpha value is -4.07. The number of allylic oxidation sites excluding steroid dienone is 2. The molecule has 1 aliphatic heterocycles. The molecular formula is C30H33N3O5. The van der Waals surface area contributed by atoms with Crippen LogP contribution in [0.5, 0.6) is 23.1 Å². The van der Waals surface area contributed by atoms with E-state index in [1.807, 2.05) is 42.5 Å². The first-order chi connectivity index (χ1) is 18.2. The average Bonchev–Trinajstić information content (AvgIpc) is 2.90. The van der Waals surface area contributed by atoms with Crippen LogP contribution in [0.25, 0.3) is 0 Å². The van der Waals surface area contributed by atoms with Crippen LogP contribution in [-0.2, 0) is 17.8 Å². The van der Waals surface area contributed by atoms with Crippen molar-refractivity contribution in [3.8, 4) is 23.1 Å². The lowest BCUT2D eigenvalue weighted by Crippen LogP contribution is -2.37. The van der Waals surface area contributed by atoms with E-state index in [2.05, 4.69) is 18.8 Å². The van der Waals surface area contributed by atoms with E-state index in [0.717, 1.165) is 16.9 Å². The molecular weight excluding hydrogens is 482 g/mol. The number of nitrogens with zero attached hydrogens (tertiary/aromatic N) is 2. The number of carbonyl (C=O) groups excluding carboxylic acids is 1. The number of Topliss-reactive ketones (excluding diaryl/α,β-unsaturated/α-hetero) is 1. The van der Waals surface area contributed by atoms with Crippen LogP contribution >= 0.6 is 0 Å². The van der Waals surface area contributed by atoms with Crippen LogP contribution in [0.1, 0.15) is 49.3 Å². The van der Waals surface area contributed by atoms with Crippen LogP contribution in [0.4, 0.5) is 0 Å². The Morgan fingerprint density at radius 2 is 1.76 bits per heavy atom. The molecule has 0 unspecified atom stereocenters. The molecule has 0 saturated heterocycles. The Balaban J connectivity index is 1.55. The van der Waals surface area contributed by atoms with Crippen LogP contribution in [0.2, 0.25) is 0 Å². The molecule has 0 spiro atoms. The predicted octanol–water partition coefficient (Wildman–Crippen LogP) is 4.80. The van der Waals surface area contributed by atoms with Crippen LogP contribution in [0.15, 0.2) is 60.1 Å². The van der Waals surface area contributed by atoms with Gasteiger partial charge in [0.25, 0.3) is 0 Å². The summed E-state index contributed by atoms with van der Waals surface area (Å²) in [7, 11) is 4.85. The van der Waals surface area contributed by atoms with Crippen molar-refractivity contribution < 1.29 is 23.7 Å². The minimum Gasteiger partial charge on any atom is -0.497 e. The van der Waals surface area contributed by atoms with Crippen molar-refractivity contribution in [1.82, 2.24) is 9.55 Å². The van der Waals surface area contributed by atoms with Crippen LogP contribution < -0.4 is 24.4 Å². The molecule has 0 fully saturated rings. The standard InChI is InChI=1S/C30H33N3O5/c1-30(2)15-21(34)26-24(16-30)38-29-27(25(26)19-7-9-20(35-3)10-8-19)28(31)33(17-32-29)13-12-18-6-11-22(36-4)23(14-18)37-5/h6-11,14,17,25,31H,12-13,15-16H2,1-5H3/t25-/m1/s1. The number of benzene rings is 2. The Morgan fingerprint density at radius 3 is 2.45 bits per heavy atom. The summed E-state index contributed by atoms with van der Waals surface area (Å²) in [5.74, 6) is 2.74. The quantitative estimate of drug-likeness (QED) is 0.486. The Morgan fingerprint density at radius 1 is 1.03 bits per heavy atom. The van der Waals surface area contributed by atoms with Crippen molar-refractivity contribution in [2.75, 3.05) is 21.3 Å². The predicted molar refractivity (Wildman–Crippen MR) is 142 cm³/mol. The van der Waals surface area contributed by atoms with Gasteiger partial charge in [-0.1, -0.05) is 32.0 Å². The van der Waals surface area contributed by atoms with E-state index in [0.29, 0.717) is 60.1 Å². The van der Waals surface area contributed by atoms with Gasteiger partial charge in [-0.3, -0.25) is 10.2 Å². The maximum atomic E-state index is 13.5. The molecule has 5 rings (SSSR count). The highest BCUT2D eigenvalue weighted by atomic mass is 16.5. The van der Waals surface area contributed by atoms with Gasteiger partial charge in [-0.25, -0.2) is 4.98 Å². The maximum Gasteiger partial charge on any atom is 0.228 e. The van der Waals surface area contributed by atoms with Gasteiger partial charge in [-0.2, -0.15) is 0 Å². The fourth-order valence-electron chi connectivity index (χ4n) is 5.38. The Labute approximate surface area is 222 Å². The molecule has 2 heterocycles. The summed E-state index contributed by atoms with van der Waals surface area (Å²) in [6, 6.07) is 13.5. The Kier molecular flexibility index (Phi) is 6.73. The van der Waals surface area contributed by atoms with Crippen molar-refractivity contribution in [1.29, 1.82) is 5.41 Å². The van der Waals surface area contributed by atoms with E-state index in [1.54, 1.807) is 32.2 Å². The summed E-state index contributed by atoms with van der Waals surface area (Å²) in [6.07, 6.45) is 3.38. The lowest BCUT2D eigenvalue weighted by molar-refractivity contribution is -0.118. The smallest absolute Gasteiger partial charge is 0.228 e. The lowest BCUT2D eigenvalue weighted by Gasteiger charge is -2.38. The van der Waals surface area contributed by atoms with Gasteiger partial charge in [0.2, 0.25) is 5.88 Å². The highest BCUT2D eigenvalue weighted by Crippen LogP contribution is 2.48. The van der Waals surface area contributed by atoms with E-state index in [-0.39, 0.29) is 16.7 Å². The van der Waals surface area contributed by atoms with Crippen LogP contribution in [0, 0.1) is 10.8 Å². The van der Waals surface area contributed by atoms with E-state index < -0.39 is 5.92 Å². The zero-order valence-corrected chi connectivity index (χ0v) is 22.5. The van der Waals surface area contributed by atoms with E-state index in [4.69, 9.17) is 18.9 Å². The van der Waals surface area contributed by atoms with E-state index in [9.17, 15) is 10.2 Å².